The van der Waals surface area contributed by atoms with Gasteiger partial charge in [0.1, 0.15) is 0 Å². The van der Waals surface area contributed by atoms with E-state index in [-0.39, 0.29) is 11.4 Å². The van der Waals surface area contributed by atoms with Crippen LogP contribution in [0, 0.1) is 0 Å². The molecule has 0 saturated carbocycles. The van der Waals surface area contributed by atoms with Gasteiger partial charge in [0.05, 0.1) is 12.0 Å². The van der Waals surface area contributed by atoms with Crippen LogP contribution >= 0.6 is 27.5 Å². The van der Waals surface area contributed by atoms with Gasteiger partial charge in [0.25, 0.3) is 0 Å². The molecule has 0 aliphatic carbocycles. The normalized spacial score (nSPS) is 11.3. The third kappa shape index (κ3) is 4.29. The molecule has 1 rings (SSSR count). The number of rotatable bonds is 6. The Kier molecular flexibility index (Phi) is 6.16. The molecule has 1 N–H and O–H groups in total. The lowest BCUT2D eigenvalue weighted by Crippen LogP contribution is -2.49. The van der Waals surface area contributed by atoms with Crippen molar-refractivity contribution in [2.75, 3.05) is 5.88 Å². The summed E-state index contributed by atoms with van der Waals surface area (Å²) in [5.74, 6) is 0.480. The summed E-state index contributed by atoms with van der Waals surface area (Å²) in [7, 11) is 0. The van der Waals surface area contributed by atoms with Crippen LogP contribution in [0.3, 0.4) is 0 Å². The molecule has 1 aromatic carbocycles. The Balaban J connectivity index is 2.63. The fourth-order valence-electron chi connectivity index (χ4n) is 1.78. The number of alkyl halides is 1. The zero-order chi connectivity index (χ0) is 13.6. The Bertz CT molecular complexity index is 379. The maximum atomic E-state index is 12.0. The van der Waals surface area contributed by atoms with Gasteiger partial charge in [0.15, 0.2) is 0 Å². The first-order chi connectivity index (χ1) is 8.55. The lowest BCUT2D eigenvalue weighted by atomic mass is 9.95. The predicted molar refractivity (Wildman–Crippen MR) is 80.0 cm³/mol. The van der Waals surface area contributed by atoms with E-state index in [1.807, 2.05) is 38.1 Å². The Morgan fingerprint density at radius 3 is 2.28 bits per heavy atom. The molecule has 0 fully saturated rings. The number of benzene rings is 1. The van der Waals surface area contributed by atoms with Gasteiger partial charge in [0, 0.05) is 10.4 Å². The van der Waals surface area contributed by atoms with Crippen LogP contribution in [-0.4, -0.2) is 17.3 Å². The molecule has 0 bridgehead atoms. The third-order valence-electron chi connectivity index (χ3n) is 3.29. The second kappa shape index (κ2) is 7.15. The second-order valence-electron chi connectivity index (χ2n) is 4.47. The van der Waals surface area contributed by atoms with Crippen molar-refractivity contribution in [1.82, 2.24) is 5.32 Å². The lowest BCUT2D eigenvalue weighted by molar-refractivity contribution is -0.122. The minimum atomic E-state index is -0.270. The van der Waals surface area contributed by atoms with Crippen LogP contribution in [0.4, 0.5) is 0 Å². The average molecular weight is 333 g/mol. The molecule has 0 aromatic heterocycles. The fourth-order valence-corrected chi connectivity index (χ4v) is 2.49. The number of amides is 1. The minimum Gasteiger partial charge on any atom is -0.349 e. The molecule has 1 amide bonds. The van der Waals surface area contributed by atoms with Gasteiger partial charge in [-0.1, -0.05) is 41.9 Å². The van der Waals surface area contributed by atoms with Crippen LogP contribution in [0.5, 0.6) is 0 Å². The van der Waals surface area contributed by atoms with Crippen molar-refractivity contribution in [3.63, 3.8) is 0 Å². The molecule has 100 valence electrons. The first kappa shape index (κ1) is 15.5. The smallest absolute Gasteiger partial charge is 0.224 e. The molecule has 1 aromatic rings. The Labute approximate surface area is 122 Å². The molecule has 0 unspecified atom stereocenters. The molecule has 0 atom stereocenters. The van der Waals surface area contributed by atoms with E-state index in [1.165, 1.54) is 0 Å². The summed E-state index contributed by atoms with van der Waals surface area (Å²) in [5, 5.41) is 3.06. The molecular weight excluding hydrogens is 314 g/mol. The number of carbonyl (C=O) groups is 1. The van der Waals surface area contributed by atoms with Crippen molar-refractivity contribution in [2.24, 2.45) is 0 Å². The summed E-state index contributed by atoms with van der Waals surface area (Å²) in [4.78, 5) is 12.0. The quantitative estimate of drug-likeness (QED) is 0.786. The Morgan fingerprint density at radius 2 is 1.83 bits per heavy atom. The molecule has 2 nitrogen and oxygen atoms in total. The largest absolute Gasteiger partial charge is 0.349 e. The molecule has 0 saturated heterocycles. The highest BCUT2D eigenvalue weighted by atomic mass is 79.9. The summed E-state index contributed by atoms with van der Waals surface area (Å²) in [6.07, 6.45) is 2.09. The van der Waals surface area contributed by atoms with Crippen LogP contribution in [0.1, 0.15) is 32.3 Å². The molecule has 0 heterocycles. The number of nitrogens with one attached hydrogen (secondary N) is 1. The highest BCUT2D eigenvalue weighted by molar-refractivity contribution is 9.10. The van der Waals surface area contributed by atoms with Crippen molar-refractivity contribution in [3.8, 4) is 0 Å². The molecule has 0 aliphatic rings. The van der Waals surface area contributed by atoms with E-state index in [0.717, 1.165) is 22.9 Å². The number of halogens is 2. The lowest BCUT2D eigenvalue weighted by Gasteiger charge is -2.30. The molecule has 18 heavy (non-hydrogen) atoms. The highest BCUT2D eigenvalue weighted by Crippen LogP contribution is 2.17. The summed E-state index contributed by atoms with van der Waals surface area (Å²) in [6.45, 7) is 4.09. The van der Waals surface area contributed by atoms with Gasteiger partial charge in [0.2, 0.25) is 5.91 Å². The fraction of sp³-hybridized carbons (Fsp3) is 0.500. The first-order valence-corrected chi connectivity index (χ1v) is 7.49. The number of carbonyl (C=O) groups excluding carboxylic acids is 1. The second-order valence-corrected chi connectivity index (χ2v) is 5.66. The van der Waals surface area contributed by atoms with E-state index < -0.39 is 0 Å². The minimum absolute atomic E-state index is 0.0293. The van der Waals surface area contributed by atoms with Gasteiger partial charge in [-0.2, -0.15) is 0 Å². The molecule has 0 radical (unpaired) electrons. The van der Waals surface area contributed by atoms with Crippen molar-refractivity contribution in [3.05, 3.63) is 34.3 Å². The number of hydrogen-bond acceptors (Lipinski definition) is 1. The highest BCUT2D eigenvalue weighted by Gasteiger charge is 2.26. The van der Waals surface area contributed by atoms with Gasteiger partial charge in [-0.05, 0) is 30.5 Å². The third-order valence-corrected chi connectivity index (χ3v) is 4.33. The van der Waals surface area contributed by atoms with Gasteiger partial charge in [-0.15, -0.1) is 11.6 Å². The van der Waals surface area contributed by atoms with E-state index in [1.54, 1.807) is 0 Å². The zero-order valence-corrected chi connectivity index (χ0v) is 13.1. The van der Waals surface area contributed by atoms with E-state index in [4.69, 9.17) is 11.6 Å². The maximum Gasteiger partial charge on any atom is 0.224 e. The van der Waals surface area contributed by atoms with E-state index in [0.29, 0.717) is 12.3 Å². The van der Waals surface area contributed by atoms with Crippen molar-refractivity contribution in [1.29, 1.82) is 0 Å². The SMILES string of the molecule is CCC(CC)(CCl)NC(=O)Cc1ccc(Br)cc1. The molecule has 0 aliphatic heterocycles. The Morgan fingerprint density at radius 1 is 1.28 bits per heavy atom. The standard InChI is InChI=1S/C14H19BrClNO/c1-3-14(4-2,10-16)17-13(18)9-11-5-7-12(15)8-6-11/h5-8H,3-4,9-10H2,1-2H3,(H,17,18). The molecule has 0 spiro atoms. The van der Waals surface area contributed by atoms with Gasteiger partial charge >= 0.3 is 0 Å². The van der Waals surface area contributed by atoms with Gasteiger partial charge in [-0.3, -0.25) is 4.79 Å². The first-order valence-electron chi connectivity index (χ1n) is 6.16. The van der Waals surface area contributed by atoms with E-state index in [2.05, 4.69) is 21.2 Å². The van der Waals surface area contributed by atoms with Crippen molar-refractivity contribution in [2.45, 2.75) is 38.6 Å². The summed E-state index contributed by atoms with van der Waals surface area (Å²) >= 11 is 9.35. The van der Waals surface area contributed by atoms with Crippen LogP contribution in [0.25, 0.3) is 0 Å². The van der Waals surface area contributed by atoms with Crippen molar-refractivity contribution >= 4 is 33.4 Å². The monoisotopic (exact) mass is 331 g/mol. The topological polar surface area (TPSA) is 29.1 Å². The summed E-state index contributed by atoms with van der Waals surface area (Å²) in [6, 6.07) is 7.78. The summed E-state index contributed by atoms with van der Waals surface area (Å²) in [5.41, 5.74) is 0.736. The average Bonchev–Trinajstić information content (AvgIpc) is 2.39. The van der Waals surface area contributed by atoms with Crippen LogP contribution < -0.4 is 5.32 Å². The number of hydrogen-bond donors (Lipinski definition) is 1. The van der Waals surface area contributed by atoms with Crippen LogP contribution in [-0.2, 0) is 11.2 Å². The maximum absolute atomic E-state index is 12.0. The van der Waals surface area contributed by atoms with E-state index >= 15 is 0 Å². The van der Waals surface area contributed by atoms with E-state index in [9.17, 15) is 4.79 Å². The van der Waals surface area contributed by atoms with Crippen LogP contribution in [0.2, 0.25) is 0 Å². The zero-order valence-electron chi connectivity index (χ0n) is 10.8. The molecule has 4 heteroatoms. The van der Waals surface area contributed by atoms with Crippen LogP contribution in [0.15, 0.2) is 28.7 Å². The molecular formula is C14H19BrClNO. The summed E-state index contributed by atoms with van der Waals surface area (Å²) < 4.78 is 1.02. The Hall–Kier alpha value is -0.540. The van der Waals surface area contributed by atoms with Gasteiger partial charge in [-0.25, -0.2) is 0 Å². The predicted octanol–water partition coefficient (Wildman–Crippen LogP) is 3.91. The van der Waals surface area contributed by atoms with Gasteiger partial charge < -0.3 is 5.32 Å². The van der Waals surface area contributed by atoms with Crippen molar-refractivity contribution < 1.29 is 4.79 Å².